The van der Waals surface area contributed by atoms with Crippen molar-refractivity contribution in [1.29, 1.82) is 0 Å². The van der Waals surface area contributed by atoms with Gasteiger partial charge in [0.15, 0.2) is 0 Å². The van der Waals surface area contributed by atoms with E-state index in [-0.39, 0.29) is 0 Å². The first kappa shape index (κ1) is 10.1. The van der Waals surface area contributed by atoms with Crippen molar-refractivity contribution in [3.05, 3.63) is 0 Å². The van der Waals surface area contributed by atoms with Crippen LogP contribution in [0.2, 0.25) is 0 Å². The molecule has 1 aliphatic carbocycles. The second kappa shape index (κ2) is 3.05. The predicted molar refractivity (Wildman–Crippen MR) is 55.2 cm³/mol. The molecule has 1 aliphatic rings. The van der Waals surface area contributed by atoms with E-state index in [1.165, 1.54) is 25.7 Å². The van der Waals surface area contributed by atoms with Crippen LogP contribution in [0.3, 0.4) is 0 Å². The van der Waals surface area contributed by atoms with Crippen LogP contribution in [0.4, 0.5) is 0 Å². The standard InChI is InChI=1S/C12H24/c1-11(2,3)7-6-10-8-12(4,5)9-10/h10H,6-9H2,1-5H3. The third-order valence-electron chi connectivity index (χ3n) is 2.99. The highest BCUT2D eigenvalue weighted by Crippen LogP contribution is 2.47. The molecular formula is C12H24. The van der Waals surface area contributed by atoms with Gasteiger partial charge in [-0.15, -0.1) is 0 Å². The van der Waals surface area contributed by atoms with E-state index >= 15 is 0 Å². The average molecular weight is 168 g/mol. The van der Waals surface area contributed by atoms with Gasteiger partial charge in [0.1, 0.15) is 0 Å². The van der Waals surface area contributed by atoms with E-state index in [1.54, 1.807) is 0 Å². The third-order valence-corrected chi connectivity index (χ3v) is 2.99. The molecule has 0 atom stereocenters. The maximum Gasteiger partial charge on any atom is -0.0349 e. The van der Waals surface area contributed by atoms with Crippen LogP contribution in [0.5, 0.6) is 0 Å². The summed E-state index contributed by atoms with van der Waals surface area (Å²) in [5.41, 5.74) is 1.21. The Balaban J connectivity index is 2.12. The first-order valence-electron chi connectivity index (χ1n) is 5.29. The van der Waals surface area contributed by atoms with Gasteiger partial charge in [-0.05, 0) is 42.4 Å². The second-order valence-electron chi connectivity index (χ2n) is 6.54. The third kappa shape index (κ3) is 3.16. The molecule has 72 valence electrons. The quantitative estimate of drug-likeness (QED) is 0.578. The fourth-order valence-electron chi connectivity index (χ4n) is 2.34. The zero-order valence-electron chi connectivity index (χ0n) is 9.41. The summed E-state index contributed by atoms with van der Waals surface area (Å²) < 4.78 is 0. The van der Waals surface area contributed by atoms with Gasteiger partial charge in [-0.3, -0.25) is 0 Å². The largest absolute Gasteiger partial charge is 0.0602 e. The van der Waals surface area contributed by atoms with Gasteiger partial charge < -0.3 is 0 Å². The predicted octanol–water partition coefficient (Wildman–Crippen LogP) is 4.25. The monoisotopic (exact) mass is 168 g/mol. The van der Waals surface area contributed by atoms with Gasteiger partial charge in [0.25, 0.3) is 0 Å². The molecule has 1 rings (SSSR count). The Hall–Kier alpha value is 0. The molecule has 1 fully saturated rings. The van der Waals surface area contributed by atoms with Gasteiger partial charge in [-0.2, -0.15) is 0 Å². The van der Waals surface area contributed by atoms with Crippen LogP contribution in [0.25, 0.3) is 0 Å². The molecule has 0 saturated heterocycles. The molecule has 0 unspecified atom stereocenters. The van der Waals surface area contributed by atoms with E-state index in [0.29, 0.717) is 10.8 Å². The van der Waals surface area contributed by atoms with Crippen LogP contribution in [0.15, 0.2) is 0 Å². The first-order valence-corrected chi connectivity index (χ1v) is 5.29. The van der Waals surface area contributed by atoms with Crippen LogP contribution >= 0.6 is 0 Å². The van der Waals surface area contributed by atoms with Crippen molar-refractivity contribution in [1.82, 2.24) is 0 Å². The van der Waals surface area contributed by atoms with E-state index in [4.69, 9.17) is 0 Å². The normalized spacial score (nSPS) is 23.8. The van der Waals surface area contributed by atoms with E-state index in [2.05, 4.69) is 34.6 Å². The molecule has 0 nitrogen and oxygen atoms in total. The average Bonchev–Trinajstić information content (AvgIpc) is 1.76. The van der Waals surface area contributed by atoms with Crippen molar-refractivity contribution in [3.8, 4) is 0 Å². The van der Waals surface area contributed by atoms with Gasteiger partial charge in [-0.1, -0.05) is 34.6 Å². The van der Waals surface area contributed by atoms with E-state index in [9.17, 15) is 0 Å². The highest BCUT2D eigenvalue weighted by molar-refractivity contribution is 4.87. The topological polar surface area (TPSA) is 0 Å². The molecule has 0 heterocycles. The summed E-state index contributed by atoms with van der Waals surface area (Å²) in [6.07, 6.45) is 5.77. The van der Waals surface area contributed by atoms with Crippen LogP contribution in [-0.4, -0.2) is 0 Å². The molecule has 0 heteroatoms. The highest BCUT2D eigenvalue weighted by atomic mass is 14.4. The van der Waals surface area contributed by atoms with Crippen LogP contribution < -0.4 is 0 Å². The van der Waals surface area contributed by atoms with E-state index < -0.39 is 0 Å². The minimum atomic E-state index is 0.541. The van der Waals surface area contributed by atoms with Crippen molar-refractivity contribution in [2.75, 3.05) is 0 Å². The second-order valence-corrected chi connectivity index (χ2v) is 6.54. The Labute approximate surface area is 77.7 Å². The molecule has 0 bridgehead atoms. The lowest BCUT2D eigenvalue weighted by Crippen LogP contribution is -2.32. The Bertz CT molecular complexity index is 140. The summed E-state index contributed by atoms with van der Waals surface area (Å²) in [6.45, 7) is 11.8. The summed E-state index contributed by atoms with van der Waals surface area (Å²) in [6, 6.07) is 0. The van der Waals surface area contributed by atoms with Gasteiger partial charge in [0.05, 0.1) is 0 Å². The molecule has 0 N–H and O–H groups in total. The Morgan fingerprint density at radius 3 is 2.00 bits per heavy atom. The van der Waals surface area contributed by atoms with Gasteiger partial charge in [0.2, 0.25) is 0 Å². The molecule has 12 heavy (non-hydrogen) atoms. The lowest BCUT2D eigenvalue weighted by atomic mass is 9.62. The Morgan fingerprint density at radius 2 is 1.67 bits per heavy atom. The maximum absolute atomic E-state index is 2.39. The summed E-state index contributed by atoms with van der Waals surface area (Å²) >= 11 is 0. The molecule has 0 aromatic carbocycles. The molecule has 1 saturated carbocycles. The highest BCUT2D eigenvalue weighted by Gasteiger charge is 2.35. The zero-order chi connectivity index (χ0) is 9.41. The minimum Gasteiger partial charge on any atom is -0.0602 e. The summed E-state index contributed by atoms with van der Waals surface area (Å²) in [5.74, 6) is 1.04. The van der Waals surface area contributed by atoms with Crippen molar-refractivity contribution < 1.29 is 0 Å². The van der Waals surface area contributed by atoms with Crippen molar-refractivity contribution in [3.63, 3.8) is 0 Å². The zero-order valence-corrected chi connectivity index (χ0v) is 9.41. The summed E-state index contributed by atoms with van der Waals surface area (Å²) in [4.78, 5) is 0. The Morgan fingerprint density at radius 1 is 1.17 bits per heavy atom. The smallest absolute Gasteiger partial charge is 0.0349 e. The molecule has 0 aliphatic heterocycles. The van der Waals surface area contributed by atoms with Gasteiger partial charge in [0, 0.05) is 0 Å². The molecule has 0 spiro atoms. The fraction of sp³-hybridized carbons (Fsp3) is 1.00. The molecule has 0 radical (unpaired) electrons. The van der Waals surface area contributed by atoms with Gasteiger partial charge >= 0.3 is 0 Å². The lowest BCUT2D eigenvalue weighted by Gasteiger charge is -2.43. The van der Waals surface area contributed by atoms with Crippen molar-refractivity contribution in [2.45, 2.75) is 60.3 Å². The number of hydrogen-bond acceptors (Lipinski definition) is 0. The number of rotatable bonds is 2. The van der Waals surface area contributed by atoms with Crippen molar-refractivity contribution >= 4 is 0 Å². The van der Waals surface area contributed by atoms with E-state index in [1.807, 2.05) is 0 Å². The van der Waals surface area contributed by atoms with Crippen LogP contribution in [0.1, 0.15) is 60.3 Å². The maximum atomic E-state index is 2.39. The fourth-order valence-corrected chi connectivity index (χ4v) is 2.34. The minimum absolute atomic E-state index is 0.541. The summed E-state index contributed by atoms with van der Waals surface area (Å²) in [7, 11) is 0. The molecule has 0 aromatic rings. The van der Waals surface area contributed by atoms with Gasteiger partial charge in [-0.25, -0.2) is 0 Å². The summed E-state index contributed by atoms with van der Waals surface area (Å²) in [5, 5.41) is 0. The molecule has 0 aromatic heterocycles. The van der Waals surface area contributed by atoms with Crippen LogP contribution in [-0.2, 0) is 0 Å². The molecular weight excluding hydrogens is 144 g/mol. The van der Waals surface area contributed by atoms with E-state index in [0.717, 1.165) is 5.92 Å². The van der Waals surface area contributed by atoms with Crippen molar-refractivity contribution in [2.24, 2.45) is 16.7 Å². The lowest BCUT2D eigenvalue weighted by molar-refractivity contribution is 0.0798. The molecule has 0 amide bonds. The van der Waals surface area contributed by atoms with Crippen LogP contribution in [0, 0.1) is 16.7 Å². The number of hydrogen-bond donors (Lipinski definition) is 0. The SMILES string of the molecule is CC(C)(C)CCC1CC(C)(C)C1. The Kier molecular flexibility index (Phi) is 2.56. The first-order chi connectivity index (χ1) is 5.29.